The van der Waals surface area contributed by atoms with Crippen molar-refractivity contribution < 1.29 is 18.0 Å². The summed E-state index contributed by atoms with van der Waals surface area (Å²) in [7, 11) is -3.55. The van der Waals surface area contributed by atoms with Crippen molar-refractivity contribution in [1.82, 2.24) is 10.2 Å². The number of sulfonamides is 1. The lowest BCUT2D eigenvalue weighted by Crippen LogP contribution is -2.51. The van der Waals surface area contributed by atoms with E-state index in [1.807, 2.05) is 51.1 Å². The average molecular weight is 562 g/mol. The standard InChI is InChI=1S/C29H40ClN3O4S/c1-5-26(29(35)31-24-14-7-8-15-24)32(20-23-13-6-9-16-25(23)30)28(34)18-11-19-33(38(4,36)37)27-17-10-12-21(2)22(27)3/h6,9-10,12-13,16-17,24,26H,5,7-8,11,14-15,18-20H2,1-4H3,(H,31,35)/t26-/m0/s1. The fraction of sp³-hybridized carbons (Fsp3) is 0.517. The van der Waals surface area contributed by atoms with Gasteiger partial charge in [0.2, 0.25) is 21.8 Å². The van der Waals surface area contributed by atoms with Crippen molar-refractivity contribution >= 4 is 39.1 Å². The second kappa shape index (κ2) is 13.5. The van der Waals surface area contributed by atoms with Gasteiger partial charge in [0.15, 0.2) is 0 Å². The Morgan fingerprint density at radius 2 is 1.76 bits per heavy atom. The summed E-state index contributed by atoms with van der Waals surface area (Å²) in [5.41, 5.74) is 3.27. The van der Waals surface area contributed by atoms with Gasteiger partial charge in [-0.25, -0.2) is 8.42 Å². The molecule has 0 bridgehead atoms. The van der Waals surface area contributed by atoms with Crippen LogP contribution in [0.15, 0.2) is 42.5 Å². The molecule has 1 N–H and O–H groups in total. The number of carbonyl (C=O) groups is 2. The molecule has 0 saturated heterocycles. The van der Waals surface area contributed by atoms with Crippen LogP contribution < -0.4 is 9.62 Å². The molecule has 38 heavy (non-hydrogen) atoms. The number of anilines is 1. The zero-order valence-corrected chi connectivity index (χ0v) is 24.4. The van der Waals surface area contributed by atoms with Crippen LogP contribution in [0.4, 0.5) is 5.69 Å². The quantitative estimate of drug-likeness (QED) is 0.377. The molecule has 0 spiro atoms. The Labute approximate surface area is 232 Å². The third kappa shape index (κ3) is 7.73. The number of amides is 2. The van der Waals surface area contributed by atoms with Gasteiger partial charge in [-0.15, -0.1) is 0 Å². The number of nitrogens with one attached hydrogen (secondary N) is 1. The Hall–Kier alpha value is -2.58. The molecule has 1 saturated carbocycles. The smallest absolute Gasteiger partial charge is 0.243 e. The van der Waals surface area contributed by atoms with Gasteiger partial charge in [-0.3, -0.25) is 13.9 Å². The van der Waals surface area contributed by atoms with Crippen molar-refractivity contribution in [2.75, 3.05) is 17.1 Å². The van der Waals surface area contributed by atoms with E-state index < -0.39 is 16.1 Å². The van der Waals surface area contributed by atoms with Crippen molar-refractivity contribution in [3.05, 3.63) is 64.2 Å². The van der Waals surface area contributed by atoms with E-state index in [0.29, 0.717) is 23.6 Å². The van der Waals surface area contributed by atoms with Crippen molar-refractivity contribution in [3.8, 4) is 0 Å². The predicted octanol–water partition coefficient (Wildman–Crippen LogP) is 5.37. The maximum Gasteiger partial charge on any atom is 0.243 e. The summed E-state index contributed by atoms with van der Waals surface area (Å²) < 4.78 is 26.7. The molecule has 0 radical (unpaired) electrons. The van der Waals surface area contributed by atoms with Crippen LogP contribution in [0.5, 0.6) is 0 Å². The van der Waals surface area contributed by atoms with Gasteiger partial charge >= 0.3 is 0 Å². The molecule has 1 aliphatic carbocycles. The number of rotatable bonds is 12. The van der Waals surface area contributed by atoms with Gasteiger partial charge in [0, 0.05) is 30.6 Å². The zero-order valence-electron chi connectivity index (χ0n) is 22.9. The number of hydrogen-bond donors (Lipinski definition) is 1. The topological polar surface area (TPSA) is 86.8 Å². The second-order valence-electron chi connectivity index (χ2n) is 10.2. The fourth-order valence-corrected chi connectivity index (χ4v) is 6.30. The van der Waals surface area contributed by atoms with Crippen LogP contribution in [0.2, 0.25) is 5.02 Å². The number of aryl methyl sites for hydroxylation is 1. The van der Waals surface area contributed by atoms with E-state index in [1.165, 1.54) is 10.6 Å². The molecule has 1 fully saturated rings. The van der Waals surface area contributed by atoms with Crippen molar-refractivity contribution in [2.24, 2.45) is 0 Å². The molecule has 0 heterocycles. The molecular weight excluding hydrogens is 522 g/mol. The minimum atomic E-state index is -3.55. The van der Waals surface area contributed by atoms with Crippen LogP contribution in [-0.2, 0) is 26.2 Å². The SMILES string of the molecule is CC[C@@H](C(=O)NC1CCCC1)N(Cc1ccccc1Cl)C(=O)CCCN(c1cccc(C)c1C)S(C)(=O)=O. The summed E-state index contributed by atoms with van der Waals surface area (Å²) in [4.78, 5) is 28.5. The first-order valence-corrected chi connectivity index (χ1v) is 15.6. The Morgan fingerprint density at radius 1 is 1.08 bits per heavy atom. The van der Waals surface area contributed by atoms with E-state index in [2.05, 4.69) is 5.32 Å². The Morgan fingerprint density at radius 3 is 2.39 bits per heavy atom. The van der Waals surface area contributed by atoms with Gasteiger partial charge in [0.25, 0.3) is 0 Å². The Kier molecular flexibility index (Phi) is 10.6. The highest BCUT2D eigenvalue weighted by molar-refractivity contribution is 7.92. The van der Waals surface area contributed by atoms with Crippen LogP contribution in [0.25, 0.3) is 0 Å². The first kappa shape index (κ1) is 30.0. The lowest BCUT2D eigenvalue weighted by Gasteiger charge is -2.32. The lowest BCUT2D eigenvalue weighted by atomic mass is 10.1. The summed E-state index contributed by atoms with van der Waals surface area (Å²) in [5, 5.41) is 3.68. The van der Waals surface area contributed by atoms with Crippen LogP contribution in [0, 0.1) is 13.8 Å². The first-order chi connectivity index (χ1) is 18.0. The number of benzene rings is 2. The van der Waals surface area contributed by atoms with E-state index >= 15 is 0 Å². The third-order valence-corrected chi connectivity index (χ3v) is 8.93. The van der Waals surface area contributed by atoms with Gasteiger partial charge in [-0.05, 0) is 68.4 Å². The highest BCUT2D eigenvalue weighted by Gasteiger charge is 2.31. The van der Waals surface area contributed by atoms with E-state index in [9.17, 15) is 18.0 Å². The van der Waals surface area contributed by atoms with E-state index in [-0.39, 0.29) is 37.4 Å². The highest BCUT2D eigenvalue weighted by Crippen LogP contribution is 2.26. The summed E-state index contributed by atoms with van der Waals surface area (Å²) in [6.45, 7) is 6.12. The maximum absolute atomic E-state index is 13.6. The van der Waals surface area contributed by atoms with Crippen LogP contribution in [0.3, 0.4) is 0 Å². The third-order valence-electron chi connectivity index (χ3n) is 7.38. The minimum Gasteiger partial charge on any atom is -0.352 e. The zero-order chi connectivity index (χ0) is 27.9. The molecule has 1 atom stereocenters. The second-order valence-corrected chi connectivity index (χ2v) is 12.5. The number of hydrogen-bond acceptors (Lipinski definition) is 4. The summed E-state index contributed by atoms with van der Waals surface area (Å²) >= 11 is 6.42. The van der Waals surface area contributed by atoms with Crippen LogP contribution >= 0.6 is 11.6 Å². The van der Waals surface area contributed by atoms with Gasteiger partial charge in [0.1, 0.15) is 6.04 Å². The molecule has 1 aliphatic rings. The van der Waals surface area contributed by atoms with Gasteiger partial charge < -0.3 is 10.2 Å². The summed E-state index contributed by atoms with van der Waals surface area (Å²) in [6.07, 6.45) is 6.18. The Bertz CT molecular complexity index is 1230. The maximum atomic E-state index is 13.6. The first-order valence-electron chi connectivity index (χ1n) is 13.4. The molecule has 3 rings (SSSR count). The normalized spacial score (nSPS) is 14.8. The average Bonchev–Trinajstić information content (AvgIpc) is 3.37. The summed E-state index contributed by atoms with van der Waals surface area (Å²) in [6, 6.07) is 12.4. The van der Waals surface area contributed by atoms with Crippen LogP contribution in [0.1, 0.15) is 68.6 Å². The van der Waals surface area contributed by atoms with E-state index in [4.69, 9.17) is 11.6 Å². The Balaban J connectivity index is 1.79. The molecule has 2 aromatic rings. The van der Waals surface area contributed by atoms with Crippen molar-refractivity contribution in [1.29, 1.82) is 0 Å². The monoisotopic (exact) mass is 561 g/mol. The van der Waals surface area contributed by atoms with Crippen molar-refractivity contribution in [2.45, 2.75) is 84.3 Å². The minimum absolute atomic E-state index is 0.106. The molecule has 0 unspecified atom stereocenters. The number of halogens is 1. The molecule has 2 amide bonds. The molecule has 0 aliphatic heterocycles. The van der Waals surface area contributed by atoms with Crippen molar-refractivity contribution in [3.63, 3.8) is 0 Å². The number of nitrogens with zero attached hydrogens (tertiary/aromatic N) is 2. The predicted molar refractivity (Wildman–Crippen MR) is 154 cm³/mol. The molecule has 2 aromatic carbocycles. The number of carbonyl (C=O) groups excluding carboxylic acids is 2. The van der Waals surface area contributed by atoms with E-state index in [0.717, 1.165) is 42.4 Å². The molecular formula is C29H40ClN3O4S. The molecule has 208 valence electrons. The van der Waals surface area contributed by atoms with Gasteiger partial charge in [0.05, 0.1) is 11.9 Å². The molecule has 0 aromatic heterocycles. The van der Waals surface area contributed by atoms with Gasteiger partial charge in [-0.1, -0.05) is 61.7 Å². The molecule has 7 nitrogen and oxygen atoms in total. The highest BCUT2D eigenvalue weighted by atomic mass is 35.5. The molecule has 9 heteroatoms. The van der Waals surface area contributed by atoms with E-state index in [1.54, 1.807) is 17.0 Å². The fourth-order valence-electron chi connectivity index (χ4n) is 5.09. The summed E-state index contributed by atoms with van der Waals surface area (Å²) in [5.74, 6) is -0.347. The van der Waals surface area contributed by atoms with Gasteiger partial charge in [-0.2, -0.15) is 0 Å². The lowest BCUT2D eigenvalue weighted by molar-refractivity contribution is -0.141. The largest absolute Gasteiger partial charge is 0.352 e. The van der Waals surface area contributed by atoms with Crippen LogP contribution in [-0.4, -0.2) is 50.0 Å².